The van der Waals surface area contributed by atoms with Crippen LogP contribution in [0.5, 0.6) is 0 Å². The lowest BCUT2D eigenvalue weighted by Gasteiger charge is -2.21. The molecule has 0 aliphatic carbocycles. The molecule has 0 saturated carbocycles. The van der Waals surface area contributed by atoms with E-state index in [-0.39, 0.29) is 5.78 Å². The number of benzene rings is 1. The SMILES string of the molecule is Cc1cc(-n2c(C)cc(C(=O)CN3CCCN(Cc4ccccc4)CC3)c2C)no1. The highest BCUT2D eigenvalue weighted by Crippen LogP contribution is 2.21. The number of hydrogen-bond donors (Lipinski definition) is 0. The highest BCUT2D eigenvalue weighted by atomic mass is 16.5. The van der Waals surface area contributed by atoms with Crippen LogP contribution in [0.25, 0.3) is 5.82 Å². The van der Waals surface area contributed by atoms with Gasteiger partial charge in [0.25, 0.3) is 0 Å². The number of ketones is 1. The fourth-order valence-electron chi connectivity index (χ4n) is 4.33. The smallest absolute Gasteiger partial charge is 0.180 e. The van der Waals surface area contributed by atoms with E-state index in [1.807, 2.05) is 37.5 Å². The van der Waals surface area contributed by atoms with E-state index in [9.17, 15) is 4.79 Å². The third kappa shape index (κ3) is 4.55. The second-order valence-electron chi connectivity index (χ2n) is 8.23. The van der Waals surface area contributed by atoms with Gasteiger partial charge in [0.05, 0.1) is 6.54 Å². The van der Waals surface area contributed by atoms with E-state index in [1.165, 1.54) is 5.56 Å². The number of nitrogens with zero attached hydrogens (tertiary/aromatic N) is 4. The van der Waals surface area contributed by atoms with E-state index in [1.54, 1.807) is 0 Å². The van der Waals surface area contributed by atoms with Gasteiger partial charge in [0.1, 0.15) is 5.76 Å². The number of Topliss-reactive ketones (excluding diaryl/α,β-unsaturated/α-hetero) is 1. The summed E-state index contributed by atoms with van der Waals surface area (Å²) in [5, 5.41) is 4.11. The van der Waals surface area contributed by atoms with E-state index in [0.717, 1.165) is 67.7 Å². The van der Waals surface area contributed by atoms with Crippen molar-refractivity contribution in [3.05, 3.63) is 70.7 Å². The maximum absolute atomic E-state index is 13.1. The molecule has 3 heterocycles. The van der Waals surface area contributed by atoms with Gasteiger partial charge in [-0.05, 0) is 51.9 Å². The molecule has 0 amide bonds. The average Bonchev–Trinajstić information content (AvgIpc) is 3.19. The number of carbonyl (C=O) groups excluding carboxylic acids is 1. The molecule has 2 aromatic heterocycles. The molecule has 30 heavy (non-hydrogen) atoms. The molecule has 1 aliphatic heterocycles. The lowest BCUT2D eigenvalue weighted by atomic mass is 10.1. The molecule has 6 nitrogen and oxygen atoms in total. The maximum Gasteiger partial charge on any atom is 0.180 e. The minimum Gasteiger partial charge on any atom is -0.360 e. The van der Waals surface area contributed by atoms with Crippen LogP contribution in [0.1, 0.15) is 39.5 Å². The molecule has 0 radical (unpaired) electrons. The van der Waals surface area contributed by atoms with Crippen molar-refractivity contribution in [1.82, 2.24) is 19.5 Å². The highest BCUT2D eigenvalue weighted by Gasteiger charge is 2.22. The summed E-state index contributed by atoms with van der Waals surface area (Å²) in [7, 11) is 0. The van der Waals surface area contributed by atoms with Crippen LogP contribution >= 0.6 is 0 Å². The summed E-state index contributed by atoms with van der Waals surface area (Å²) in [6, 6.07) is 14.5. The zero-order valence-corrected chi connectivity index (χ0v) is 18.1. The molecule has 1 aliphatic rings. The van der Waals surface area contributed by atoms with Gasteiger partial charge in [0.15, 0.2) is 11.6 Å². The van der Waals surface area contributed by atoms with Crippen LogP contribution in [0.3, 0.4) is 0 Å². The standard InChI is InChI=1S/C24H30N4O2/c1-18-14-22(20(3)28(18)24-15-19(2)30-25-24)23(29)17-27-11-7-10-26(12-13-27)16-21-8-5-4-6-9-21/h4-6,8-9,14-15H,7,10-13,16-17H2,1-3H3. The van der Waals surface area contributed by atoms with E-state index >= 15 is 0 Å². The predicted molar refractivity (Wildman–Crippen MR) is 117 cm³/mol. The average molecular weight is 407 g/mol. The first-order valence-corrected chi connectivity index (χ1v) is 10.7. The number of rotatable bonds is 6. The van der Waals surface area contributed by atoms with E-state index < -0.39 is 0 Å². The molecule has 0 atom stereocenters. The quantitative estimate of drug-likeness (QED) is 0.583. The Morgan fingerprint density at radius 1 is 1.00 bits per heavy atom. The molecule has 3 aromatic rings. The summed E-state index contributed by atoms with van der Waals surface area (Å²) in [6.07, 6.45) is 1.08. The van der Waals surface area contributed by atoms with Gasteiger partial charge in [-0.3, -0.25) is 19.2 Å². The molecule has 158 valence electrons. The van der Waals surface area contributed by atoms with Gasteiger partial charge in [-0.25, -0.2) is 0 Å². The molecule has 0 N–H and O–H groups in total. The van der Waals surface area contributed by atoms with Crippen molar-refractivity contribution in [2.45, 2.75) is 33.7 Å². The molecule has 1 fully saturated rings. The minimum absolute atomic E-state index is 0.172. The van der Waals surface area contributed by atoms with Gasteiger partial charge >= 0.3 is 0 Å². The summed E-state index contributed by atoms with van der Waals surface area (Å²) in [6.45, 7) is 11.2. The first kappa shape index (κ1) is 20.6. The van der Waals surface area contributed by atoms with Crippen LogP contribution in [0.15, 0.2) is 47.0 Å². The van der Waals surface area contributed by atoms with Crippen molar-refractivity contribution >= 4 is 5.78 Å². The molecular weight excluding hydrogens is 376 g/mol. The van der Waals surface area contributed by atoms with Crippen molar-refractivity contribution < 1.29 is 9.32 Å². The normalized spacial score (nSPS) is 16.0. The molecular formula is C24H30N4O2. The Bertz CT molecular complexity index is 1010. The lowest BCUT2D eigenvalue weighted by molar-refractivity contribution is 0.0932. The third-order valence-corrected chi connectivity index (χ3v) is 5.87. The minimum atomic E-state index is 0.172. The second kappa shape index (κ2) is 8.98. The topological polar surface area (TPSA) is 54.5 Å². The van der Waals surface area contributed by atoms with Gasteiger partial charge in [0, 0.05) is 42.7 Å². The summed E-state index contributed by atoms with van der Waals surface area (Å²) in [5.41, 5.74) is 4.04. The molecule has 4 rings (SSSR count). The maximum atomic E-state index is 13.1. The Kier molecular flexibility index (Phi) is 6.16. The van der Waals surface area contributed by atoms with Gasteiger partial charge in [-0.15, -0.1) is 0 Å². The monoisotopic (exact) mass is 406 g/mol. The van der Waals surface area contributed by atoms with Crippen LogP contribution in [0.2, 0.25) is 0 Å². The fraction of sp³-hybridized carbons (Fsp3) is 0.417. The van der Waals surface area contributed by atoms with Gasteiger partial charge in [-0.2, -0.15) is 0 Å². The van der Waals surface area contributed by atoms with Crippen LogP contribution in [0, 0.1) is 20.8 Å². The van der Waals surface area contributed by atoms with Crippen LogP contribution in [-0.4, -0.2) is 58.0 Å². The summed E-state index contributed by atoms with van der Waals surface area (Å²) >= 11 is 0. The Morgan fingerprint density at radius 2 is 1.73 bits per heavy atom. The largest absolute Gasteiger partial charge is 0.360 e. The van der Waals surface area contributed by atoms with Crippen LogP contribution < -0.4 is 0 Å². The molecule has 6 heteroatoms. The van der Waals surface area contributed by atoms with Crippen molar-refractivity contribution in [3.63, 3.8) is 0 Å². The van der Waals surface area contributed by atoms with Gasteiger partial charge in [0.2, 0.25) is 0 Å². The third-order valence-electron chi connectivity index (χ3n) is 5.87. The Balaban J connectivity index is 1.39. The number of aromatic nitrogens is 2. The first-order chi connectivity index (χ1) is 14.5. The van der Waals surface area contributed by atoms with E-state index in [4.69, 9.17) is 4.52 Å². The summed E-state index contributed by atoms with van der Waals surface area (Å²) < 4.78 is 7.21. The number of hydrogen-bond acceptors (Lipinski definition) is 5. The first-order valence-electron chi connectivity index (χ1n) is 10.7. The van der Waals surface area contributed by atoms with E-state index in [2.05, 4.69) is 45.3 Å². The Hall–Kier alpha value is -2.70. The van der Waals surface area contributed by atoms with E-state index in [0.29, 0.717) is 6.54 Å². The molecule has 0 spiro atoms. The van der Waals surface area contributed by atoms with Crippen molar-refractivity contribution in [3.8, 4) is 5.82 Å². The number of carbonyl (C=O) groups is 1. The van der Waals surface area contributed by atoms with Crippen LogP contribution in [-0.2, 0) is 6.54 Å². The molecule has 0 bridgehead atoms. The Morgan fingerprint density at radius 3 is 2.47 bits per heavy atom. The number of aryl methyl sites for hydroxylation is 2. The zero-order valence-electron chi connectivity index (χ0n) is 18.1. The molecule has 1 aromatic carbocycles. The van der Waals surface area contributed by atoms with Gasteiger partial charge < -0.3 is 4.52 Å². The molecule has 0 unspecified atom stereocenters. The van der Waals surface area contributed by atoms with Crippen LogP contribution in [0.4, 0.5) is 0 Å². The summed E-state index contributed by atoms with van der Waals surface area (Å²) in [5.74, 6) is 1.66. The van der Waals surface area contributed by atoms with Crippen molar-refractivity contribution in [2.75, 3.05) is 32.7 Å². The van der Waals surface area contributed by atoms with Gasteiger partial charge in [-0.1, -0.05) is 35.5 Å². The highest BCUT2D eigenvalue weighted by molar-refractivity contribution is 5.99. The lowest BCUT2D eigenvalue weighted by Crippen LogP contribution is -2.34. The zero-order chi connectivity index (χ0) is 21.1. The fourth-order valence-corrected chi connectivity index (χ4v) is 4.33. The van der Waals surface area contributed by atoms with Crippen molar-refractivity contribution in [2.24, 2.45) is 0 Å². The summed E-state index contributed by atoms with van der Waals surface area (Å²) in [4.78, 5) is 17.9. The van der Waals surface area contributed by atoms with Crippen molar-refractivity contribution in [1.29, 1.82) is 0 Å². The Labute approximate surface area is 178 Å². The molecule has 1 saturated heterocycles. The second-order valence-corrected chi connectivity index (χ2v) is 8.23. The predicted octanol–water partition coefficient (Wildman–Crippen LogP) is 3.78.